The first-order chi connectivity index (χ1) is 10.6. The van der Waals surface area contributed by atoms with Crippen LogP contribution in [0.4, 0.5) is 0 Å². The predicted octanol–water partition coefficient (Wildman–Crippen LogP) is 1.05. The topological polar surface area (TPSA) is 81.9 Å². The zero-order valence-electron chi connectivity index (χ0n) is 12.8. The van der Waals surface area contributed by atoms with Crippen LogP contribution in [0.3, 0.4) is 0 Å². The van der Waals surface area contributed by atoms with Gasteiger partial charge in [-0.3, -0.25) is 9.59 Å². The Labute approximate surface area is 130 Å². The van der Waals surface area contributed by atoms with Gasteiger partial charge in [0, 0.05) is 25.6 Å². The number of carbonyl (C=O) groups excluding carboxylic acids is 2. The van der Waals surface area contributed by atoms with Crippen LogP contribution < -0.4 is 10.5 Å². The molecule has 1 atom stereocenters. The van der Waals surface area contributed by atoms with E-state index in [-0.39, 0.29) is 12.5 Å². The van der Waals surface area contributed by atoms with Gasteiger partial charge in [0.05, 0.1) is 12.2 Å². The van der Waals surface area contributed by atoms with Gasteiger partial charge < -0.3 is 20.1 Å². The number of hydrogen-bond donors (Lipinski definition) is 1. The van der Waals surface area contributed by atoms with Crippen molar-refractivity contribution in [1.29, 1.82) is 0 Å². The number of carbonyl (C=O) groups is 2. The summed E-state index contributed by atoms with van der Waals surface area (Å²) in [5.41, 5.74) is 5.54. The smallest absolute Gasteiger partial charge is 0.257 e. The molecule has 0 aliphatic carbocycles. The molecule has 1 aliphatic rings. The summed E-state index contributed by atoms with van der Waals surface area (Å²) in [4.78, 5) is 25.3. The van der Waals surface area contributed by atoms with E-state index in [0.717, 1.165) is 6.42 Å². The van der Waals surface area contributed by atoms with Crippen LogP contribution in [0.25, 0.3) is 0 Å². The monoisotopic (exact) mass is 306 g/mol. The fourth-order valence-electron chi connectivity index (χ4n) is 2.53. The largest absolute Gasteiger partial charge is 0.483 e. The second-order valence-corrected chi connectivity index (χ2v) is 5.32. The molecule has 1 unspecified atom stereocenters. The minimum atomic E-state index is -0.569. The Morgan fingerprint density at radius 3 is 2.86 bits per heavy atom. The van der Waals surface area contributed by atoms with E-state index in [1.807, 2.05) is 6.92 Å². The Balaban J connectivity index is 2.02. The predicted molar refractivity (Wildman–Crippen MR) is 81.6 cm³/mol. The number of primary amides is 1. The summed E-state index contributed by atoms with van der Waals surface area (Å²) < 4.78 is 10.8. The molecule has 2 rings (SSSR count). The van der Waals surface area contributed by atoms with Crippen molar-refractivity contribution < 1.29 is 19.1 Å². The van der Waals surface area contributed by atoms with Crippen LogP contribution in [0.15, 0.2) is 24.3 Å². The van der Waals surface area contributed by atoms with Crippen LogP contribution >= 0.6 is 0 Å². The third-order valence-electron chi connectivity index (χ3n) is 3.62. The molecule has 2 N–H and O–H groups in total. The molecular weight excluding hydrogens is 284 g/mol. The van der Waals surface area contributed by atoms with Gasteiger partial charge in [0.2, 0.25) is 0 Å². The van der Waals surface area contributed by atoms with E-state index < -0.39 is 5.91 Å². The molecular formula is C16H22N2O4. The van der Waals surface area contributed by atoms with E-state index in [0.29, 0.717) is 43.5 Å². The molecule has 1 aliphatic heterocycles. The molecule has 2 amide bonds. The van der Waals surface area contributed by atoms with Crippen LogP contribution in [0, 0.1) is 5.92 Å². The molecule has 0 spiro atoms. The first-order valence-corrected chi connectivity index (χ1v) is 7.49. The summed E-state index contributed by atoms with van der Waals surface area (Å²) in [5.74, 6) is 0.112. The van der Waals surface area contributed by atoms with Gasteiger partial charge in [-0.1, -0.05) is 12.1 Å². The number of rotatable bonds is 7. The van der Waals surface area contributed by atoms with Crippen LogP contribution in [0.2, 0.25) is 0 Å². The maximum absolute atomic E-state index is 12.6. The summed E-state index contributed by atoms with van der Waals surface area (Å²) in [6.07, 6.45) is 0.941. The Morgan fingerprint density at radius 2 is 2.14 bits per heavy atom. The van der Waals surface area contributed by atoms with Crippen molar-refractivity contribution in [3.8, 4) is 5.75 Å². The number of nitrogens with zero attached hydrogens (tertiary/aromatic N) is 1. The molecule has 1 aromatic rings. The maximum atomic E-state index is 12.6. The highest BCUT2D eigenvalue weighted by molar-refractivity contribution is 5.97. The molecule has 1 saturated heterocycles. The van der Waals surface area contributed by atoms with Crippen molar-refractivity contribution in [1.82, 2.24) is 4.90 Å². The number of ether oxygens (including phenoxy) is 2. The van der Waals surface area contributed by atoms with Gasteiger partial charge in [-0.2, -0.15) is 0 Å². The van der Waals surface area contributed by atoms with E-state index in [1.54, 1.807) is 29.2 Å². The molecule has 0 radical (unpaired) electrons. The highest BCUT2D eigenvalue weighted by Gasteiger charge is 2.28. The Bertz CT molecular complexity index is 533. The number of benzene rings is 1. The lowest BCUT2D eigenvalue weighted by Gasteiger charge is -2.18. The molecule has 0 aromatic heterocycles. The van der Waals surface area contributed by atoms with Crippen LogP contribution in [0.5, 0.6) is 5.75 Å². The van der Waals surface area contributed by atoms with E-state index in [9.17, 15) is 9.59 Å². The van der Waals surface area contributed by atoms with Gasteiger partial charge in [0.25, 0.3) is 11.8 Å². The highest BCUT2D eigenvalue weighted by Crippen LogP contribution is 2.24. The zero-order chi connectivity index (χ0) is 15.9. The number of hydrogen-bond acceptors (Lipinski definition) is 4. The van der Waals surface area contributed by atoms with Gasteiger partial charge in [-0.15, -0.1) is 0 Å². The molecule has 6 heteroatoms. The Hall–Kier alpha value is -2.08. The number of nitrogens with two attached hydrogens (primary N) is 1. The first-order valence-electron chi connectivity index (χ1n) is 7.49. The van der Waals surface area contributed by atoms with E-state index >= 15 is 0 Å². The molecule has 120 valence electrons. The van der Waals surface area contributed by atoms with Gasteiger partial charge in [0.1, 0.15) is 5.75 Å². The summed E-state index contributed by atoms with van der Waals surface area (Å²) in [6, 6.07) is 6.91. The number of likely N-dealkylation sites (tertiary alicyclic amines) is 1. The fourth-order valence-corrected chi connectivity index (χ4v) is 2.53. The maximum Gasteiger partial charge on any atom is 0.257 e. The molecule has 6 nitrogen and oxygen atoms in total. The molecule has 0 saturated carbocycles. The summed E-state index contributed by atoms with van der Waals surface area (Å²) in [5, 5.41) is 0. The SMILES string of the molecule is CCOCC1CCN(C(=O)c2ccccc2OCC(N)=O)C1. The van der Waals surface area contributed by atoms with Crippen LogP contribution in [-0.4, -0.2) is 49.6 Å². The molecule has 1 fully saturated rings. The zero-order valence-corrected chi connectivity index (χ0v) is 12.8. The molecule has 1 aromatic carbocycles. The third-order valence-corrected chi connectivity index (χ3v) is 3.62. The van der Waals surface area contributed by atoms with Gasteiger partial charge in [0.15, 0.2) is 6.61 Å². The van der Waals surface area contributed by atoms with E-state index in [1.165, 1.54) is 0 Å². The summed E-state index contributed by atoms with van der Waals surface area (Å²) in [6.45, 7) is 4.49. The number of amides is 2. The van der Waals surface area contributed by atoms with E-state index in [4.69, 9.17) is 15.2 Å². The average Bonchev–Trinajstić information content (AvgIpc) is 2.99. The molecule has 22 heavy (non-hydrogen) atoms. The lowest BCUT2D eigenvalue weighted by atomic mass is 10.1. The lowest BCUT2D eigenvalue weighted by molar-refractivity contribution is -0.119. The third kappa shape index (κ3) is 4.21. The first kappa shape index (κ1) is 16.3. The summed E-state index contributed by atoms with van der Waals surface area (Å²) >= 11 is 0. The molecule has 1 heterocycles. The van der Waals surface area contributed by atoms with Gasteiger partial charge in [-0.05, 0) is 25.5 Å². The second-order valence-electron chi connectivity index (χ2n) is 5.32. The number of para-hydroxylation sites is 1. The van der Waals surface area contributed by atoms with Crippen molar-refractivity contribution in [2.75, 3.05) is 32.9 Å². The highest BCUT2D eigenvalue weighted by atomic mass is 16.5. The van der Waals surface area contributed by atoms with Crippen LogP contribution in [-0.2, 0) is 9.53 Å². The minimum Gasteiger partial charge on any atom is -0.483 e. The second kappa shape index (κ2) is 7.79. The normalized spacial score (nSPS) is 17.5. The molecule has 0 bridgehead atoms. The minimum absolute atomic E-state index is 0.0842. The lowest BCUT2D eigenvalue weighted by Crippen LogP contribution is -2.30. The standard InChI is InChI=1S/C16H22N2O4/c1-2-21-10-12-7-8-18(9-12)16(20)13-5-3-4-6-14(13)22-11-15(17)19/h3-6,12H,2,7-11H2,1H3,(H2,17,19). The van der Waals surface area contributed by atoms with Crippen molar-refractivity contribution in [2.24, 2.45) is 11.7 Å². The van der Waals surface area contributed by atoms with Crippen LogP contribution in [0.1, 0.15) is 23.7 Å². The van der Waals surface area contributed by atoms with Crippen molar-refractivity contribution >= 4 is 11.8 Å². The summed E-state index contributed by atoms with van der Waals surface area (Å²) in [7, 11) is 0. The fraction of sp³-hybridized carbons (Fsp3) is 0.500. The van der Waals surface area contributed by atoms with Crippen molar-refractivity contribution in [3.63, 3.8) is 0 Å². The Kier molecular flexibility index (Phi) is 5.77. The Morgan fingerprint density at radius 1 is 1.36 bits per heavy atom. The average molecular weight is 306 g/mol. The quantitative estimate of drug-likeness (QED) is 0.816. The van der Waals surface area contributed by atoms with E-state index in [2.05, 4.69) is 0 Å². The van der Waals surface area contributed by atoms with Gasteiger partial charge >= 0.3 is 0 Å². The van der Waals surface area contributed by atoms with Crippen molar-refractivity contribution in [2.45, 2.75) is 13.3 Å². The van der Waals surface area contributed by atoms with Gasteiger partial charge in [-0.25, -0.2) is 0 Å². The van der Waals surface area contributed by atoms with Crippen molar-refractivity contribution in [3.05, 3.63) is 29.8 Å².